The summed E-state index contributed by atoms with van der Waals surface area (Å²) < 4.78 is 0. The van der Waals surface area contributed by atoms with Crippen LogP contribution >= 0.6 is 0 Å². The van der Waals surface area contributed by atoms with Gasteiger partial charge in [0.15, 0.2) is 0 Å². The maximum Gasteiger partial charge on any atom is -0.00139 e. The van der Waals surface area contributed by atoms with Crippen molar-refractivity contribution >= 4 is 75.4 Å². The van der Waals surface area contributed by atoms with Crippen LogP contribution in [0.1, 0.15) is 0 Å². The minimum atomic E-state index is 1.25. The van der Waals surface area contributed by atoms with Crippen molar-refractivity contribution in [2.24, 2.45) is 0 Å². The van der Waals surface area contributed by atoms with Crippen LogP contribution in [0, 0.1) is 0 Å². The van der Waals surface area contributed by atoms with Gasteiger partial charge in [0.1, 0.15) is 0 Å². The Bertz CT molecular complexity index is 2850. The molecule has 0 N–H and O–H groups in total. The molecule has 0 aliphatic carbocycles. The SMILES string of the molecule is c1ccc2cc3c(-c4cccc5ccccc45)c(-c4cccc5c6ccccc6c6ccc7ccccc7c6c45)ccc3cc2c1. The maximum absolute atomic E-state index is 2.40. The molecule has 0 radical (unpaired) electrons. The van der Waals surface area contributed by atoms with Gasteiger partial charge in [-0.05, 0) is 110 Å². The van der Waals surface area contributed by atoms with Gasteiger partial charge < -0.3 is 0 Å². The smallest absolute Gasteiger partial charge is 0.00139 e. The molecule has 0 unspecified atom stereocenters. The van der Waals surface area contributed by atoms with E-state index in [1.807, 2.05) is 0 Å². The summed E-state index contributed by atoms with van der Waals surface area (Å²) in [6, 6.07) is 63.0. The van der Waals surface area contributed by atoms with Crippen LogP contribution in [0.4, 0.5) is 0 Å². The van der Waals surface area contributed by atoms with Crippen molar-refractivity contribution in [3.05, 3.63) is 170 Å². The lowest BCUT2D eigenvalue weighted by molar-refractivity contribution is 1.66. The van der Waals surface area contributed by atoms with Crippen LogP contribution in [0.2, 0.25) is 0 Å². The summed E-state index contributed by atoms with van der Waals surface area (Å²) in [4.78, 5) is 0. The maximum atomic E-state index is 2.40. The van der Waals surface area contributed by atoms with Crippen molar-refractivity contribution in [1.82, 2.24) is 0 Å². The van der Waals surface area contributed by atoms with Crippen LogP contribution in [0.5, 0.6) is 0 Å². The van der Waals surface area contributed by atoms with Gasteiger partial charge in [-0.1, -0.05) is 158 Å². The van der Waals surface area contributed by atoms with E-state index in [-0.39, 0.29) is 0 Å². The molecule has 0 aromatic heterocycles. The van der Waals surface area contributed by atoms with Crippen LogP contribution in [0.25, 0.3) is 97.7 Å². The van der Waals surface area contributed by atoms with Crippen LogP contribution in [0.15, 0.2) is 170 Å². The predicted octanol–water partition coefficient (Wildman–Crippen LogP) is 13.1. The molecular formula is C46H28. The zero-order valence-electron chi connectivity index (χ0n) is 25.2. The number of benzene rings is 10. The average molecular weight is 581 g/mol. The Morgan fingerprint density at radius 1 is 0.217 bits per heavy atom. The molecule has 0 saturated heterocycles. The number of rotatable bonds is 2. The van der Waals surface area contributed by atoms with Crippen molar-refractivity contribution in [3.8, 4) is 22.3 Å². The molecule has 0 amide bonds. The first-order chi connectivity index (χ1) is 22.8. The normalized spacial score (nSPS) is 11.9. The lowest BCUT2D eigenvalue weighted by Gasteiger charge is -2.20. The highest BCUT2D eigenvalue weighted by Gasteiger charge is 2.20. The molecule has 10 aromatic rings. The second-order valence-electron chi connectivity index (χ2n) is 12.4. The molecule has 46 heavy (non-hydrogen) atoms. The Hall–Kier alpha value is -5.98. The largest absolute Gasteiger partial charge is 0.0616 e. The van der Waals surface area contributed by atoms with E-state index < -0.39 is 0 Å². The molecule has 0 aliphatic rings. The standard InChI is InChI=1S/C46H28/c1-2-14-32-28-43-33(27-31(32)13-1)24-26-42(44(43)38-20-9-15-29-11-3-5-16-34(29)38)40-22-10-21-39-36-18-7-8-19-37(36)41-25-23-30-12-4-6-17-35(30)45(41)46(39)40/h1-28H. The predicted molar refractivity (Wildman–Crippen MR) is 200 cm³/mol. The number of hydrogen-bond acceptors (Lipinski definition) is 0. The van der Waals surface area contributed by atoms with E-state index in [0.717, 1.165) is 0 Å². The van der Waals surface area contributed by atoms with Gasteiger partial charge in [-0.25, -0.2) is 0 Å². The summed E-state index contributed by atoms with van der Waals surface area (Å²) in [6.07, 6.45) is 0. The van der Waals surface area contributed by atoms with Gasteiger partial charge in [0.25, 0.3) is 0 Å². The molecule has 0 bridgehead atoms. The molecule has 10 aromatic carbocycles. The first-order valence-corrected chi connectivity index (χ1v) is 16.0. The van der Waals surface area contributed by atoms with Crippen molar-refractivity contribution in [1.29, 1.82) is 0 Å². The van der Waals surface area contributed by atoms with Gasteiger partial charge in [-0.2, -0.15) is 0 Å². The minimum absolute atomic E-state index is 1.25. The topological polar surface area (TPSA) is 0 Å². The Balaban J connectivity index is 1.45. The van der Waals surface area contributed by atoms with Crippen molar-refractivity contribution in [2.75, 3.05) is 0 Å². The van der Waals surface area contributed by atoms with Gasteiger partial charge >= 0.3 is 0 Å². The minimum Gasteiger partial charge on any atom is -0.0616 e. The molecule has 0 aliphatic heterocycles. The molecule has 0 spiro atoms. The summed E-state index contributed by atoms with van der Waals surface area (Å²) in [7, 11) is 0. The first kappa shape index (κ1) is 25.4. The third kappa shape index (κ3) is 3.62. The molecule has 10 rings (SSSR count). The highest BCUT2D eigenvalue weighted by atomic mass is 14.2. The zero-order valence-corrected chi connectivity index (χ0v) is 25.2. The van der Waals surface area contributed by atoms with Crippen molar-refractivity contribution < 1.29 is 0 Å². The lowest BCUT2D eigenvalue weighted by atomic mass is 9.83. The van der Waals surface area contributed by atoms with E-state index in [4.69, 9.17) is 0 Å². The third-order valence-electron chi connectivity index (χ3n) is 9.99. The van der Waals surface area contributed by atoms with E-state index in [0.29, 0.717) is 0 Å². The molecule has 0 fully saturated rings. The van der Waals surface area contributed by atoms with E-state index in [2.05, 4.69) is 170 Å². The van der Waals surface area contributed by atoms with Gasteiger partial charge in [-0.3, -0.25) is 0 Å². The second-order valence-corrected chi connectivity index (χ2v) is 12.4. The van der Waals surface area contributed by atoms with E-state index in [1.165, 1.54) is 97.7 Å². The van der Waals surface area contributed by atoms with Crippen molar-refractivity contribution in [2.45, 2.75) is 0 Å². The van der Waals surface area contributed by atoms with Crippen LogP contribution < -0.4 is 0 Å². The summed E-state index contributed by atoms with van der Waals surface area (Å²) in [5, 5.41) is 18.0. The molecular weight excluding hydrogens is 553 g/mol. The fourth-order valence-corrected chi connectivity index (χ4v) is 7.96. The van der Waals surface area contributed by atoms with Crippen LogP contribution in [-0.4, -0.2) is 0 Å². The van der Waals surface area contributed by atoms with Gasteiger partial charge in [0.2, 0.25) is 0 Å². The highest BCUT2D eigenvalue weighted by molar-refractivity contribution is 6.34. The Morgan fingerprint density at radius 3 is 1.52 bits per heavy atom. The molecule has 0 atom stereocenters. The fourth-order valence-electron chi connectivity index (χ4n) is 7.96. The zero-order chi connectivity index (χ0) is 30.2. The van der Waals surface area contributed by atoms with Gasteiger partial charge in [0, 0.05) is 0 Å². The second kappa shape index (κ2) is 9.76. The van der Waals surface area contributed by atoms with Crippen molar-refractivity contribution in [3.63, 3.8) is 0 Å². The highest BCUT2D eigenvalue weighted by Crippen LogP contribution is 2.47. The summed E-state index contributed by atoms with van der Waals surface area (Å²) >= 11 is 0. The third-order valence-corrected chi connectivity index (χ3v) is 9.99. The van der Waals surface area contributed by atoms with Crippen LogP contribution in [0.3, 0.4) is 0 Å². The monoisotopic (exact) mass is 580 g/mol. The molecule has 0 saturated carbocycles. The summed E-state index contributed by atoms with van der Waals surface area (Å²) in [5.41, 5.74) is 5.08. The Kier molecular flexibility index (Phi) is 5.38. The molecule has 0 heteroatoms. The van der Waals surface area contributed by atoms with E-state index >= 15 is 0 Å². The Labute approximate surface area is 266 Å². The summed E-state index contributed by atoms with van der Waals surface area (Å²) in [5.74, 6) is 0. The molecule has 212 valence electrons. The summed E-state index contributed by atoms with van der Waals surface area (Å²) in [6.45, 7) is 0. The van der Waals surface area contributed by atoms with Gasteiger partial charge in [0.05, 0.1) is 0 Å². The quantitative estimate of drug-likeness (QED) is 0.141. The van der Waals surface area contributed by atoms with Gasteiger partial charge in [-0.15, -0.1) is 0 Å². The average Bonchev–Trinajstić information content (AvgIpc) is 3.13. The molecule has 0 nitrogen and oxygen atoms in total. The first-order valence-electron chi connectivity index (χ1n) is 16.0. The van der Waals surface area contributed by atoms with E-state index in [1.54, 1.807) is 0 Å². The Morgan fingerprint density at radius 2 is 0.739 bits per heavy atom. The van der Waals surface area contributed by atoms with E-state index in [9.17, 15) is 0 Å². The van der Waals surface area contributed by atoms with Crippen LogP contribution in [-0.2, 0) is 0 Å². The molecule has 0 heterocycles. The number of hydrogen-bond donors (Lipinski definition) is 0. The fraction of sp³-hybridized carbons (Fsp3) is 0. The lowest BCUT2D eigenvalue weighted by Crippen LogP contribution is -1.93. The number of fused-ring (bicyclic) bond motifs is 11.